The summed E-state index contributed by atoms with van der Waals surface area (Å²) in [5.41, 5.74) is 2.03. The average Bonchev–Trinajstić information content (AvgIpc) is 3.00. The molecule has 26 heavy (non-hydrogen) atoms. The number of rotatable bonds is 0. The van der Waals surface area contributed by atoms with Crippen LogP contribution in [0.5, 0.6) is 0 Å². The van der Waals surface area contributed by atoms with Crippen LogP contribution in [0.15, 0.2) is 60.7 Å². The predicted octanol–water partition coefficient (Wildman–Crippen LogP) is 5.50. The summed E-state index contributed by atoms with van der Waals surface area (Å²) in [4.78, 5) is 16.6. The first-order valence-electron chi connectivity index (χ1n) is 9.02. The second-order valence-corrected chi connectivity index (χ2v) is 7.40. The molecule has 0 spiro atoms. The molecule has 1 amide bonds. The van der Waals surface area contributed by atoms with E-state index in [0.29, 0.717) is 6.54 Å². The van der Waals surface area contributed by atoms with Crippen LogP contribution in [-0.2, 0) is 4.74 Å². The largest absolute Gasteiger partial charge is 0.444 e. The number of aromatic nitrogens is 1. The van der Waals surface area contributed by atoms with Gasteiger partial charge in [0.25, 0.3) is 0 Å². The fraction of sp³-hybridized carbons (Fsp3) is 0.318. The van der Waals surface area contributed by atoms with Crippen LogP contribution in [0.25, 0.3) is 21.8 Å². The van der Waals surface area contributed by atoms with Crippen molar-refractivity contribution in [3.8, 4) is 0 Å². The van der Waals surface area contributed by atoms with Crippen LogP contribution in [0.2, 0.25) is 0 Å². The molecule has 1 aliphatic heterocycles. The smallest absolute Gasteiger partial charge is 0.410 e. The SMILES string of the molecule is CC(C)(C)OC(=O)N1CC=CCC1.c1ccc2c(c1)[nH]c1ccccc12. The van der Waals surface area contributed by atoms with Crippen LogP contribution in [-0.4, -0.2) is 34.7 Å². The molecular formula is C22H26N2O2. The number of amides is 1. The van der Waals surface area contributed by atoms with E-state index in [0.717, 1.165) is 13.0 Å². The Kier molecular flexibility index (Phi) is 5.31. The molecule has 0 aliphatic carbocycles. The molecule has 1 aromatic heterocycles. The molecule has 0 fully saturated rings. The van der Waals surface area contributed by atoms with Gasteiger partial charge in [0.1, 0.15) is 5.60 Å². The highest BCUT2D eigenvalue weighted by Crippen LogP contribution is 2.24. The number of benzene rings is 2. The number of hydrogen-bond acceptors (Lipinski definition) is 2. The van der Waals surface area contributed by atoms with Gasteiger partial charge in [0.05, 0.1) is 0 Å². The lowest BCUT2D eigenvalue weighted by Crippen LogP contribution is -2.38. The van der Waals surface area contributed by atoms with E-state index in [1.54, 1.807) is 4.90 Å². The molecule has 4 rings (SSSR count). The van der Waals surface area contributed by atoms with Crippen molar-refractivity contribution in [3.05, 3.63) is 60.7 Å². The van der Waals surface area contributed by atoms with E-state index in [2.05, 4.69) is 59.6 Å². The van der Waals surface area contributed by atoms with Gasteiger partial charge in [0, 0.05) is 34.9 Å². The van der Waals surface area contributed by atoms with Crippen molar-refractivity contribution < 1.29 is 9.53 Å². The van der Waals surface area contributed by atoms with Gasteiger partial charge in [0.15, 0.2) is 0 Å². The Morgan fingerprint density at radius 3 is 2.04 bits per heavy atom. The summed E-state index contributed by atoms with van der Waals surface area (Å²) in [6.07, 6.45) is 4.80. The topological polar surface area (TPSA) is 45.3 Å². The summed E-state index contributed by atoms with van der Waals surface area (Å²) < 4.78 is 5.23. The maximum atomic E-state index is 11.5. The highest BCUT2D eigenvalue weighted by Gasteiger charge is 2.21. The molecule has 136 valence electrons. The molecule has 0 saturated heterocycles. The number of hydrogen-bond donors (Lipinski definition) is 1. The minimum Gasteiger partial charge on any atom is -0.444 e. The number of carbonyl (C=O) groups is 1. The van der Waals surface area contributed by atoms with E-state index < -0.39 is 5.60 Å². The summed E-state index contributed by atoms with van der Waals surface area (Å²) in [6.45, 7) is 7.08. The van der Waals surface area contributed by atoms with Crippen molar-refractivity contribution in [1.29, 1.82) is 0 Å². The number of para-hydroxylation sites is 2. The number of fused-ring (bicyclic) bond motifs is 3. The minimum absolute atomic E-state index is 0.211. The van der Waals surface area contributed by atoms with Gasteiger partial charge >= 0.3 is 6.09 Å². The molecule has 4 heteroatoms. The number of nitrogens with one attached hydrogen (secondary N) is 1. The number of nitrogens with zero attached hydrogens (tertiary/aromatic N) is 1. The van der Waals surface area contributed by atoms with Crippen molar-refractivity contribution in [2.24, 2.45) is 0 Å². The first-order chi connectivity index (χ1) is 12.4. The zero-order valence-corrected chi connectivity index (χ0v) is 15.7. The third-order valence-corrected chi connectivity index (χ3v) is 4.12. The van der Waals surface area contributed by atoms with Crippen LogP contribution in [0, 0.1) is 0 Å². The fourth-order valence-electron chi connectivity index (χ4n) is 2.93. The molecular weight excluding hydrogens is 324 g/mol. The first-order valence-corrected chi connectivity index (χ1v) is 9.02. The second-order valence-electron chi connectivity index (χ2n) is 7.40. The van der Waals surface area contributed by atoms with Crippen LogP contribution in [0.4, 0.5) is 4.79 Å². The number of H-pyrrole nitrogens is 1. The molecule has 0 atom stereocenters. The molecule has 0 bridgehead atoms. The summed E-state index contributed by atoms with van der Waals surface area (Å²) in [7, 11) is 0. The monoisotopic (exact) mass is 350 g/mol. The molecule has 1 aliphatic rings. The molecule has 2 heterocycles. The number of aromatic amines is 1. The van der Waals surface area contributed by atoms with E-state index in [1.807, 2.05) is 26.8 Å². The zero-order chi connectivity index (χ0) is 18.6. The summed E-state index contributed by atoms with van der Waals surface area (Å²) >= 11 is 0. The second kappa shape index (κ2) is 7.65. The predicted molar refractivity (Wildman–Crippen MR) is 107 cm³/mol. The number of carbonyl (C=O) groups excluding carboxylic acids is 1. The fourth-order valence-corrected chi connectivity index (χ4v) is 2.93. The highest BCUT2D eigenvalue weighted by atomic mass is 16.6. The van der Waals surface area contributed by atoms with E-state index in [-0.39, 0.29) is 6.09 Å². The van der Waals surface area contributed by atoms with E-state index in [9.17, 15) is 4.79 Å². The average molecular weight is 350 g/mol. The van der Waals surface area contributed by atoms with Gasteiger partial charge in [0.2, 0.25) is 0 Å². The lowest BCUT2D eigenvalue weighted by Gasteiger charge is -2.27. The Labute approximate surface area is 154 Å². The van der Waals surface area contributed by atoms with Gasteiger partial charge in [-0.15, -0.1) is 0 Å². The molecule has 0 saturated carbocycles. The van der Waals surface area contributed by atoms with E-state index in [1.165, 1.54) is 21.8 Å². The summed E-state index contributed by atoms with van der Waals surface area (Å²) in [5.74, 6) is 0. The Morgan fingerprint density at radius 1 is 0.962 bits per heavy atom. The van der Waals surface area contributed by atoms with Gasteiger partial charge in [-0.3, -0.25) is 0 Å². The summed E-state index contributed by atoms with van der Waals surface area (Å²) in [6, 6.07) is 16.8. The van der Waals surface area contributed by atoms with Crippen LogP contribution in [0.1, 0.15) is 27.2 Å². The Bertz CT molecular complexity index is 868. The van der Waals surface area contributed by atoms with E-state index >= 15 is 0 Å². The highest BCUT2D eigenvalue weighted by molar-refractivity contribution is 6.06. The Hall–Kier alpha value is -2.75. The molecule has 1 N–H and O–H groups in total. The molecule has 0 unspecified atom stereocenters. The van der Waals surface area contributed by atoms with E-state index in [4.69, 9.17) is 4.74 Å². The lowest BCUT2D eigenvalue weighted by molar-refractivity contribution is 0.0268. The maximum Gasteiger partial charge on any atom is 0.410 e. The Morgan fingerprint density at radius 2 is 1.54 bits per heavy atom. The zero-order valence-electron chi connectivity index (χ0n) is 15.7. The van der Waals surface area contributed by atoms with Crippen LogP contribution in [0.3, 0.4) is 0 Å². The molecule has 4 nitrogen and oxygen atoms in total. The first kappa shape index (κ1) is 18.1. The van der Waals surface area contributed by atoms with Crippen LogP contribution < -0.4 is 0 Å². The van der Waals surface area contributed by atoms with Gasteiger partial charge in [-0.25, -0.2) is 4.79 Å². The van der Waals surface area contributed by atoms with Gasteiger partial charge < -0.3 is 14.6 Å². The summed E-state index contributed by atoms with van der Waals surface area (Å²) in [5, 5.41) is 2.61. The third-order valence-electron chi connectivity index (χ3n) is 4.12. The third kappa shape index (κ3) is 4.45. The van der Waals surface area contributed by atoms with Crippen molar-refractivity contribution in [3.63, 3.8) is 0 Å². The molecule has 2 aromatic carbocycles. The van der Waals surface area contributed by atoms with Gasteiger partial charge in [-0.1, -0.05) is 48.6 Å². The molecule has 0 radical (unpaired) electrons. The van der Waals surface area contributed by atoms with Gasteiger partial charge in [-0.05, 0) is 39.3 Å². The number of ether oxygens (including phenoxy) is 1. The van der Waals surface area contributed by atoms with Crippen molar-refractivity contribution in [2.75, 3.05) is 13.1 Å². The van der Waals surface area contributed by atoms with Crippen LogP contribution >= 0.6 is 0 Å². The van der Waals surface area contributed by atoms with Crippen molar-refractivity contribution >= 4 is 27.9 Å². The molecule has 3 aromatic rings. The minimum atomic E-state index is -0.391. The maximum absolute atomic E-state index is 11.5. The standard InChI is InChI=1S/C12H9N.C10H17NO2/c1-3-7-11-9(5-1)10-6-2-4-8-12(10)13-11;1-10(2,3)13-9(12)11-7-5-4-6-8-11/h1-8,13H;4-5H,6-8H2,1-3H3. The quantitative estimate of drug-likeness (QED) is 0.544. The lowest BCUT2D eigenvalue weighted by atomic mass is 10.2. The van der Waals surface area contributed by atoms with Gasteiger partial charge in [-0.2, -0.15) is 0 Å². The van der Waals surface area contributed by atoms with Crippen molar-refractivity contribution in [1.82, 2.24) is 9.88 Å². The van der Waals surface area contributed by atoms with Crippen molar-refractivity contribution in [2.45, 2.75) is 32.8 Å². The normalized spacial score (nSPS) is 14.2. The Balaban J connectivity index is 0.000000151.